The van der Waals surface area contributed by atoms with Gasteiger partial charge in [-0.05, 0) is 17.9 Å². The third-order valence-electron chi connectivity index (χ3n) is 3.26. The molecule has 1 amide bonds. The topological polar surface area (TPSA) is 40.5 Å². The van der Waals surface area contributed by atoms with Gasteiger partial charge in [0.2, 0.25) is 0 Å². The first kappa shape index (κ1) is 14.1. The smallest absolute Gasteiger partial charge is 0.254 e. The molecule has 1 saturated heterocycles. The Morgan fingerprint density at radius 1 is 1.58 bits per heavy atom. The summed E-state index contributed by atoms with van der Waals surface area (Å²) in [5, 5.41) is 10.5. The van der Waals surface area contributed by atoms with E-state index >= 15 is 0 Å². The van der Waals surface area contributed by atoms with Crippen LogP contribution in [0.15, 0.2) is 11.4 Å². The third kappa shape index (κ3) is 3.59. The van der Waals surface area contributed by atoms with Crippen molar-refractivity contribution < 1.29 is 9.90 Å². The van der Waals surface area contributed by atoms with Gasteiger partial charge in [0, 0.05) is 24.9 Å². The van der Waals surface area contributed by atoms with Crippen LogP contribution in [0.3, 0.4) is 0 Å². The van der Waals surface area contributed by atoms with Crippen LogP contribution in [0.5, 0.6) is 0 Å². The van der Waals surface area contributed by atoms with Gasteiger partial charge in [-0.15, -0.1) is 11.3 Å². The minimum absolute atomic E-state index is 0.0764. The largest absolute Gasteiger partial charge is 0.395 e. The minimum atomic E-state index is 0.0764. The van der Waals surface area contributed by atoms with Gasteiger partial charge in [-0.1, -0.05) is 25.7 Å². The molecule has 1 N–H and O–H groups in total. The summed E-state index contributed by atoms with van der Waals surface area (Å²) < 4.78 is 0. The molecule has 19 heavy (non-hydrogen) atoms. The lowest BCUT2D eigenvalue weighted by atomic mass is 9.93. The fraction of sp³-hybridized carbons (Fsp3) is 0.533. The van der Waals surface area contributed by atoms with Crippen molar-refractivity contribution >= 4 is 17.2 Å². The first-order valence-corrected chi connectivity index (χ1v) is 7.37. The predicted octanol–water partition coefficient (Wildman–Crippen LogP) is 2.35. The molecule has 1 fully saturated rings. The van der Waals surface area contributed by atoms with Gasteiger partial charge in [-0.3, -0.25) is 4.79 Å². The molecule has 2 heterocycles. The van der Waals surface area contributed by atoms with E-state index in [-0.39, 0.29) is 17.9 Å². The fourth-order valence-electron chi connectivity index (χ4n) is 2.19. The first-order valence-electron chi connectivity index (χ1n) is 6.49. The molecule has 0 atom stereocenters. The van der Waals surface area contributed by atoms with Crippen LogP contribution >= 0.6 is 11.3 Å². The van der Waals surface area contributed by atoms with Crippen LogP contribution in [0.25, 0.3) is 0 Å². The number of hydrogen-bond donors (Lipinski definition) is 1. The number of thiophene rings is 1. The normalized spacial score (nSPS) is 17.1. The summed E-state index contributed by atoms with van der Waals surface area (Å²) in [5.74, 6) is 5.95. The Morgan fingerprint density at radius 3 is 3.00 bits per heavy atom. The summed E-state index contributed by atoms with van der Waals surface area (Å²) in [4.78, 5) is 15.1. The number of aliphatic hydroxyl groups excluding tert-OH is 1. The van der Waals surface area contributed by atoms with Gasteiger partial charge in [0.05, 0.1) is 17.0 Å². The van der Waals surface area contributed by atoms with Gasteiger partial charge in [0.1, 0.15) is 0 Å². The fourth-order valence-corrected chi connectivity index (χ4v) is 2.94. The number of aliphatic hydroxyl groups is 1. The second-order valence-electron chi connectivity index (χ2n) is 5.62. The maximum Gasteiger partial charge on any atom is 0.254 e. The third-order valence-corrected chi connectivity index (χ3v) is 4.11. The molecule has 0 radical (unpaired) electrons. The van der Waals surface area contributed by atoms with Crippen molar-refractivity contribution in [1.82, 2.24) is 4.90 Å². The molecule has 1 aliphatic heterocycles. The SMILES string of the molecule is CC1(C)CCN(C(=O)c2csc(C#CCCO)c2)C1. The molecule has 0 spiro atoms. The molecule has 1 aliphatic rings. The van der Waals surface area contributed by atoms with E-state index in [1.165, 1.54) is 11.3 Å². The zero-order valence-corrected chi connectivity index (χ0v) is 12.2. The molecule has 0 bridgehead atoms. The highest BCUT2D eigenvalue weighted by Gasteiger charge is 2.32. The average Bonchev–Trinajstić information content (AvgIpc) is 2.95. The Hall–Kier alpha value is -1.31. The van der Waals surface area contributed by atoms with Gasteiger partial charge in [0.15, 0.2) is 0 Å². The lowest BCUT2D eigenvalue weighted by molar-refractivity contribution is 0.0779. The number of carbonyl (C=O) groups is 1. The molecule has 1 aromatic heterocycles. The van der Waals surface area contributed by atoms with E-state index in [1.54, 1.807) is 0 Å². The summed E-state index contributed by atoms with van der Waals surface area (Å²) >= 11 is 1.48. The molecule has 0 unspecified atom stereocenters. The van der Waals surface area contributed by atoms with E-state index in [1.807, 2.05) is 16.3 Å². The molecule has 0 saturated carbocycles. The van der Waals surface area contributed by atoms with Crippen LogP contribution in [-0.2, 0) is 0 Å². The molecular weight excluding hydrogens is 258 g/mol. The molecule has 0 aromatic carbocycles. The molecule has 1 aromatic rings. The van der Waals surface area contributed by atoms with Gasteiger partial charge in [-0.2, -0.15) is 0 Å². The number of rotatable bonds is 2. The summed E-state index contributed by atoms with van der Waals surface area (Å²) in [7, 11) is 0. The van der Waals surface area contributed by atoms with Crippen LogP contribution in [0.2, 0.25) is 0 Å². The van der Waals surface area contributed by atoms with E-state index in [4.69, 9.17) is 5.11 Å². The van der Waals surface area contributed by atoms with E-state index < -0.39 is 0 Å². The first-order chi connectivity index (χ1) is 9.02. The van der Waals surface area contributed by atoms with Crippen LogP contribution in [0, 0.1) is 17.3 Å². The highest BCUT2D eigenvalue weighted by molar-refractivity contribution is 7.10. The van der Waals surface area contributed by atoms with Gasteiger partial charge >= 0.3 is 0 Å². The van der Waals surface area contributed by atoms with E-state index in [0.717, 1.165) is 30.0 Å². The number of nitrogens with zero attached hydrogens (tertiary/aromatic N) is 1. The van der Waals surface area contributed by atoms with E-state index in [9.17, 15) is 4.79 Å². The summed E-state index contributed by atoms with van der Waals surface area (Å²) in [6.07, 6.45) is 1.54. The zero-order valence-electron chi connectivity index (χ0n) is 11.4. The molecule has 2 rings (SSSR count). The molecule has 4 heteroatoms. The van der Waals surface area contributed by atoms with Gasteiger partial charge < -0.3 is 10.0 Å². The Kier molecular flexibility index (Phi) is 4.28. The van der Waals surface area contributed by atoms with Crippen molar-refractivity contribution in [2.75, 3.05) is 19.7 Å². The summed E-state index contributed by atoms with van der Waals surface area (Å²) in [6, 6.07) is 1.85. The number of hydrogen-bond acceptors (Lipinski definition) is 3. The molecular formula is C15H19NO2S. The predicted molar refractivity (Wildman–Crippen MR) is 77.2 cm³/mol. The van der Waals surface area contributed by atoms with Crippen molar-refractivity contribution in [2.24, 2.45) is 5.41 Å². The lowest BCUT2D eigenvalue weighted by Gasteiger charge is -2.19. The molecule has 3 nitrogen and oxygen atoms in total. The van der Waals surface area contributed by atoms with Gasteiger partial charge in [-0.25, -0.2) is 0 Å². The second-order valence-corrected chi connectivity index (χ2v) is 6.53. The number of amides is 1. The molecule has 102 valence electrons. The number of likely N-dealkylation sites (tertiary alicyclic amines) is 1. The van der Waals surface area contributed by atoms with Crippen molar-refractivity contribution in [2.45, 2.75) is 26.7 Å². The van der Waals surface area contributed by atoms with E-state index in [0.29, 0.717) is 6.42 Å². The highest BCUT2D eigenvalue weighted by atomic mass is 32.1. The minimum Gasteiger partial charge on any atom is -0.395 e. The highest BCUT2D eigenvalue weighted by Crippen LogP contribution is 2.30. The molecule has 0 aliphatic carbocycles. The second kappa shape index (κ2) is 5.77. The van der Waals surface area contributed by atoms with Crippen LogP contribution in [0.1, 0.15) is 41.9 Å². The van der Waals surface area contributed by atoms with Crippen LogP contribution < -0.4 is 0 Å². The van der Waals surface area contributed by atoms with Crippen molar-refractivity contribution in [3.05, 3.63) is 21.9 Å². The lowest BCUT2D eigenvalue weighted by Crippen LogP contribution is -2.29. The maximum absolute atomic E-state index is 12.3. The summed E-state index contributed by atoms with van der Waals surface area (Å²) in [5.41, 5.74) is 0.964. The van der Waals surface area contributed by atoms with Crippen molar-refractivity contribution in [1.29, 1.82) is 0 Å². The Labute approximate surface area is 118 Å². The zero-order chi connectivity index (χ0) is 13.9. The van der Waals surface area contributed by atoms with Crippen molar-refractivity contribution in [3.63, 3.8) is 0 Å². The quantitative estimate of drug-likeness (QED) is 0.843. The standard InChI is InChI=1S/C15H19NO2S/c1-15(2)6-7-16(11-15)14(18)12-9-13(19-10-12)5-3-4-8-17/h9-10,17H,4,6-8,11H2,1-2H3. The average molecular weight is 277 g/mol. The van der Waals surface area contributed by atoms with Crippen LogP contribution in [-0.4, -0.2) is 35.6 Å². The van der Waals surface area contributed by atoms with Gasteiger partial charge in [0.25, 0.3) is 5.91 Å². The maximum atomic E-state index is 12.3. The monoisotopic (exact) mass is 277 g/mol. The Bertz CT molecular complexity index is 522. The number of carbonyl (C=O) groups excluding carboxylic acids is 1. The van der Waals surface area contributed by atoms with Crippen LogP contribution in [0.4, 0.5) is 0 Å². The Balaban J connectivity index is 2.03. The van der Waals surface area contributed by atoms with Crippen molar-refractivity contribution in [3.8, 4) is 11.8 Å². The summed E-state index contributed by atoms with van der Waals surface area (Å²) in [6.45, 7) is 6.13. The Morgan fingerprint density at radius 2 is 2.37 bits per heavy atom. The van der Waals surface area contributed by atoms with E-state index in [2.05, 4.69) is 25.7 Å².